The van der Waals surface area contributed by atoms with Crippen LogP contribution in [0.4, 0.5) is 16.2 Å². The summed E-state index contributed by atoms with van der Waals surface area (Å²) in [5, 5.41) is 5.73. The monoisotopic (exact) mass is 324 g/mol. The van der Waals surface area contributed by atoms with Crippen molar-refractivity contribution in [2.24, 2.45) is 0 Å². The lowest BCUT2D eigenvalue weighted by Gasteiger charge is -2.23. The minimum atomic E-state index is -0.214. The van der Waals surface area contributed by atoms with Gasteiger partial charge in [-0.2, -0.15) is 0 Å². The molecule has 3 rings (SSSR count). The van der Waals surface area contributed by atoms with E-state index in [-0.39, 0.29) is 6.03 Å². The molecular weight excluding hydrogens is 300 g/mol. The minimum absolute atomic E-state index is 0.214. The average molecular weight is 324 g/mol. The fourth-order valence-corrected chi connectivity index (χ4v) is 2.96. The molecule has 0 radical (unpaired) electrons. The molecule has 1 saturated heterocycles. The average Bonchev–Trinajstić information content (AvgIpc) is 2.91. The number of amides is 2. The lowest BCUT2D eigenvalue weighted by molar-refractivity contribution is 0.251. The first kappa shape index (κ1) is 16.3. The molecule has 0 aliphatic carbocycles. The molecule has 126 valence electrons. The Morgan fingerprint density at radius 1 is 1.04 bits per heavy atom. The number of benzene rings is 1. The number of hydrogen-bond acceptors (Lipinski definition) is 3. The highest BCUT2D eigenvalue weighted by Crippen LogP contribution is 2.22. The van der Waals surface area contributed by atoms with Gasteiger partial charge in [0.15, 0.2) is 0 Å². The maximum Gasteiger partial charge on any atom is 0.319 e. The molecule has 2 heterocycles. The number of rotatable bonds is 4. The Morgan fingerprint density at radius 3 is 2.62 bits per heavy atom. The van der Waals surface area contributed by atoms with Crippen LogP contribution in [0.5, 0.6) is 0 Å². The molecule has 2 N–H and O–H groups in total. The van der Waals surface area contributed by atoms with Crippen LogP contribution in [0.3, 0.4) is 0 Å². The second kappa shape index (κ2) is 8.34. The van der Waals surface area contributed by atoms with Crippen LogP contribution in [0.2, 0.25) is 0 Å². The number of carbonyl (C=O) groups is 1. The van der Waals surface area contributed by atoms with E-state index in [1.165, 1.54) is 31.4 Å². The van der Waals surface area contributed by atoms with Gasteiger partial charge in [-0.15, -0.1) is 0 Å². The third kappa shape index (κ3) is 4.72. The van der Waals surface area contributed by atoms with Crippen molar-refractivity contribution in [3.63, 3.8) is 0 Å². The maximum atomic E-state index is 12.1. The van der Waals surface area contributed by atoms with Crippen molar-refractivity contribution in [1.29, 1.82) is 0 Å². The lowest BCUT2D eigenvalue weighted by atomic mass is 10.2. The summed E-state index contributed by atoms with van der Waals surface area (Å²) in [6.45, 7) is 2.60. The molecule has 2 amide bonds. The van der Waals surface area contributed by atoms with Gasteiger partial charge in [0.2, 0.25) is 0 Å². The molecule has 0 atom stereocenters. The van der Waals surface area contributed by atoms with Gasteiger partial charge in [-0.25, -0.2) is 4.79 Å². The number of anilines is 2. The first-order chi connectivity index (χ1) is 11.8. The predicted molar refractivity (Wildman–Crippen MR) is 97.2 cm³/mol. The fraction of sp³-hybridized carbons (Fsp3) is 0.368. The Balaban J connectivity index is 1.56. The molecular formula is C19H24N4O. The van der Waals surface area contributed by atoms with Crippen molar-refractivity contribution >= 4 is 17.4 Å². The smallest absolute Gasteiger partial charge is 0.319 e. The summed E-state index contributed by atoms with van der Waals surface area (Å²) < 4.78 is 0. The van der Waals surface area contributed by atoms with Gasteiger partial charge in [-0.05, 0) is 43.2 Å². The summed E-state index contributed by atoms with van der Waals surface area (Å²) in [5.41, 5.74) is 2.83. The molecule has 24 heavy (non-hydrogen) atoms. The van der Waals surface area contributed by atoms with Crippen LogP contribution >= 0.6 is 0 Å². The maximum absolute atomic E-state index is 12.1. The molecule has 1 fully saturated rings. The van der Waals surface area contributed by atoms with Crippen LogP contribution in [0.25, 0.3) is 0 Å². The molecule has 5 heteroatoms. The Labute approximate surface area is 143 Å². The van der Waals surface area contributed by atoms with E-state index < -0.39 is 0 Å². The van der Waals surface area contributed by atoms with Crippen molar-refractivity contribution in [2.45, 2.75) is 32.2 Å². The second-order valence-corrected chi connectivity index (χ2v) is 6.08. The summed E-state index contributed by atoms with van der Waals surface area (Å²) in [4.78, 5) is 18.7. The molecule has 1 aliphatic heterocycles. The number of nitrogens with zero attached hydrogens (tertiary/aromatic N) is 2. The van der Waals surface area contributed by atoms with Gasteiger partial charge in [0.05, 0.1) is 12.2 Å². The largest absolute Gasteiger partial charge is 0.371 e. The van der Waals surface area contributed by atoms with Crippen LogP contribution < -0.4 is 15.5 Å². The zero-order chi connectivity index (χ0) is 16.6. The van der Waals surface area contributed by atoms with Crippen LogP contribution in [-0.4, -0.2) is 24.1 Å². The Hall–Kier alpha value is -2.56. The molecule has 0 saturated carbocycles. The molecule has 1 aliphatic rings. The summed E-state index contributed by atoms with van der Waals surface area (Å²) in [5.74, 6) is 0. The highest BCUT2D eigenvalue weighted by molar-refractivity contribution is 5.89. The van der Waals surface area contributed by atoms with E-state index in [0.29, 0.717) is 6.54 Å². The second-order valence-electron chi connectivity index (χ2n) is 6.08. The third-order valence-corrected chi connectivity index (χ3v) is 4.23. The van der Waals surface area contributed by atoms with Gasteiger partial charge in [0.25, 0.3) is 0 Å². The van der Waals surface area contributed by atoms with E-state index in [1.54, 1.807) is 6.20 Å². The highest BCUT2D eigenvalue weighted by atomic mass is 16.2. The van der Waals surface area contributed by atoms with E-state index in [2.05, 4.69) is 26.6 Å². The lowest BCUT2D eigenvalue weighted by Crippen LogP contribution is -2.29. The molecule has 0 spiro atoms. The van der Waals surface area contributed by atoms with Crippen LogP contribution in [0, 0.1) is 0 Å². The normalized spacial score (nSPS) is 14.8. The summed E-state index contributed by atoms with van der Waals surface area (Å²) in [7, 11) is 0. The van der Waals surface area contributed by atoms with Gasteiger partial charge < -0.3 is 15.5 Å². The van der Waals surface area contributed by atoms with Gasteiger partial charge in [-0.1, -0.05) is 25.0 Å². The summed E-state index contributed by atoms with van der Waals surface area (Å²) >= 11 is 0. The van der Waals surface area contributed by atoms with E-state index in [4.69, 9.17) is 0 Å². The topological polar surface area (TPSA) is 57.3 Å². The first-order valence-electron chi connectivity index (χ1n) is 8.61. The number of pyridine rings is 1. The van der Waals surface area contributed by atoms with Gasteiger partial charge in [-0.3, -0.25) is 4.98 Å². The number of hydrogen-bond donors (Lipinski definition) is 2. The number of carbonyl (C=O) groups excluding carboxylic acids is 1. The van der Waals surface area contributed by atoms with Gasteiger partial charge in [0.1, 0.15) is 0 Å². The van der Waals surface area contributed by atoms with Gasteiger partial charge in [0, 0.05) is 30.7 Å². The number of aromatic nitrogens is 1. The predicted octanol–water partition coefficient (Wildman–Crippen LogP) is 3.78. The summed E-state index contributed by atoms with van der Waals surface area (Å²) in [6.07, 6.45) is 6.82. The van der Waals surface area contributed by atoms with E-state index in [9.17, 15) is 4.79 Å². The number of nitrogens with one attached hydrogen (secondary N) is 2. The van der Waals surface area contributed by atoms with Crippen molar-refractivity contribution in [3.05, 3.63) is 54.4 Å². The molecule has 2 aromatic rings. The van der Waals surface area contributed by atoms with E-state index >= 15 is 0 Å². The molecule has 5 nitrogen and oxygen atoms in total. The van der Waals surface area contributed by atoms with E-state index in [0.717, 1.165) is 24.5 Å². The van der Waals surface area contributed by atoms with Crippen molar-refractivity contribution in [2.75, 3.05) is 23.3 Å². The van der Waals surface area contributed by atoms with Crippen molar-refractivity contribution < 1.29 is 4.79 Å². The Kier molecular flexibility index (Phi) is 5.66. The zero-order valence-corrected chi connectivity index (χ0v) is 13.9. The minimum Gasteiger partial charge on any atom is -0.371 e. The number of urea groups is 1. The molecule has 1 aromatic carbocycles. The van der Waals surface area contributed by atoms with Gasteiger partial charge >= 0.3 is 6.03 Å². The summed E-state index contributed by atoms with van der Waals surface area (Å²) in [6, 6.07) is 13.5. The standard InChI is InChI=1S/C19H24N4O/c24-19(21-15-17-8-3-4-11-20-17)22-16-9-7-10-18(14-16)23-12-5-1-2-6-13-23/h3-4,7-11,14H,1-2,5-6,12-13,15H2,(H2,21,22,24). The van der Waals surface area contributed by atoms with E-state index in [1.807, 2.05) is 36.4 Å². The van der Waals surface area contributed by atoms with Crippen LogP contribution in [-0.2, 0) is 6.54 Å². The quantitative estimate of drug-likeness (QED) is 0.900. The molecule has 0 unspecified atom stereocenters. The zero-order valence-electron chi connectivity index (χ0n) is 13.9. The van der Waals surface area contributed by atoms with Crippen molar-refractivity contribution in [1.82, 2.24) is 10.3 Å². The third-order valence-electron chi connectivity index (χ3n) is 4.23. The highest BCUT2D eigenvalue weighted by Gasteiger charge is 2.10. The molecule has 1 aromatic heterocycles. The van der Waals surface area contributed by atoms with Crippen molar-refractivity contribution in [3.8, 4) is 0 Å². The van der Waals surface area contributed by atoms with Crippen LogP contribution in [0.1, 0.15) is 31.4 Å². The fourth-order valence-electron chi connectivity index (χ4n) is 2.96. The van der Waals surface area contributed by atoms with Crippen LogP contribution in [0.15, 0.2) is 48.7 Å². The Bertz CT molecular complexity index is 651. The SMILES string of the molecule is O=C(NCc1ccccn1)Nc1cccc(N2CCCCCC2)c1. The first-order valence-corrected chi connectivity index (χ1v) is 8.61. The Morgan fingerprint density at radius 2 is 1.88 bits per heavy atom. The molecule has 0 bridgehead atoms.